The van der Waals surface area contributed by atoms with Crippen molar-refractivity contribution in [2.24, 2.45) is 0 Å². The molecule has 0 atom stereocenters. The van der Waals surface area contributed by atoms with E-state index in [2.05, 4.69) is 25.5 Å². The van der Waals surface area contributed by atoms with Crippen molar-refractivity contribution >= 4 is 17.9 Å². The lowest BCUT2D eigenvalue weighted by molar-refractivity contribution is -0.120. The van der Waals surface area contributed by atoms with Crippen LogP contribution in [0.25, 0.3) is 0 Å². The number of carbonyl (C=O) groups is 2. The third-order valence-corrected chi connectivity index (χ3v) is 4.16. The van der Waals surface area contributed by atoms with Gasteiger partial charge in [-0.1, -0.05) is 30.3 Å². The average Bonchev–Trinajstić information content (AvgIpc) is 3.25. The highest BCUT2D eigenvalue weighted by Crippen LogP contribution is 2.15. The Kier molecular flexibility index (Phi) is 6.56. The Morgan fingerprint density at radius 1 is 1.07 bits per heavy atom. The summed E-state index contributed by atoms with van der Waals surface area (Å²) in [5.74, 6) is 0.384. The zero-order valence-corrected chi connectivity index (χ0v) is 15.1. The van der Waals surface area contributed by atoms with Crippen molar-refractivity contribution in [3.8, 4) is 0 Å². The molecule has 2 heterocycles. The topological polar surface area (TPSA) is 96.5 Å². The lowest BCUT2D eigenvalue weighted by Crippen LogP contribution is -2.37. The fourth-order valence-corrected chi connectivity index (χ4v) is 2.73. The van der Waals surface area contributed by atoms with Gasteiger partial charge in [-0.2, -0.15) is 0 Å². The average molecular weight is 369 g/mol. The van der Waals surface area contributed by atoms with Crippen LogP contribution in [0.3, 0.4) is 0 Å². The first-order valence-corrected chi connectivity index (χ1v) is 8.99. The van der Waals surface area contributed by atoms with Gasteiger partial charge in [-0.25, -0.2) is 14.8 Å². The van der Waals surface area contributed by atoms with E-state index in [-0.39, 0.29) is 25.6 Å². The van der Waals surface area contributed by atoms with Crippen LogP contribution in [0.2, 0.25) is 0 Å². The lowest BCUT2D eigenvalue weighted by atomic mass is 10.2. The van der Waals surface area contributed by atoms with Crippen molar-refractivity contribution in [1.29, 1.82) is 0 Å². The summed E-state index contributed by atoms with van der Waals surface area (Å²) in [5, 5.41) is 5.16. The minimum absolute atomic E-state index is 0.155. The number of hydrogen-bond acceptors (Lipinski definition) is 6. The normalized spacial score (nSPS) is 13.3. The molecule has 2 aromatic rings. The maximum Gasteiger partial charge on any atom is 0.407 e. The summed E-state index contributed by atoms with van der Waals surface area (Å²) in [6.45, 7) is 2.21. The molecule has 8 heteroatoms. The second kappa shape index (κ2) is 9.51. The molecule has 1 aliphatic rings. The first-order valence-electron chi connectivity index (χ1n) is 8.99. The predicted molar refractivity (Wildman–Crippen MR) is 100.0 cm³/mol. The molecule has 1 aliphatic heterocycles. The third-order valence-electron chi connectivity index (χ3n) is 4.16. The summed E-state index contributed by atoms with van der Waals surface area (Å²) in [4.78, 5) is 34.4. The second-order valence-electron chi connectivity index (χ2n) is 6.23. The van der Waals surface area contributed by atoms with E-state index in [0.29, 0.717) is 5.95 Å². The number of hydrogen-bond donors (Lipinski definition) is 2. The number of nitrogens with zero attached hydrogens (tertiary/aromatic N) is 3. The molecule has 1 aromatic heterocycles. The third kappa shape index (κ3) is 5.95. The van der Waals surface area contributed by atoms with Crippen molar-refractivity contribution in [2.75, 3.05) is 24.5 Å². The van der Waals surface area contributed by atoms with Gasteiger partial charge in [-0.05, 0) is 24.5 Å². The van der Waals surface area contributed by atoms with Gasteiger partial charge in [0.05, 0.1) is 12.2 Å². The quantitative estimate of drug-likeness (QED) is 0.770. The Morgan fingerprint density at radius 3 is 2.63 bits per heavy atom. The lowest BCUT2D eigenvalue weighted by Gasteiger charge is -2.15. The smallest absolute Gasteiger partial charge is 0.407 e. The predicted octanol–water partition coefficient (Wildman–Crippen LogP) is 1.62. The van der Waals surface area contributed by atoms with E-state index in [9.17, 15) is 9.59 Å². The van der Waals surface area contributed by atoms with E-state index >= 15 is 0 Å². The summed E-state index contributed by atoms with van der Waals surface area (Å²) in [6, 6.07) is 11.1. The number of alkyl carbamates (subject to hydrolysis) is 1. The molecular weight excluding hydrogens is 346 g/mol. The van der Waals surface area contributed by atoms with Gasteiger partial charge in [0.2, 0.25) is 11.9 Å². The maximum atomic E-state index is 11.9. The van der Waals surface area contributed by atoms with Crippen LogP contribution in [0.4, 0.5) is 10.7 Å². The number of rotatable bonds is 7. The van der Waals surface area contributed by atoms with Crippen molar-refractivity contribution < 1.29 is 14.3 Å². The van der Waals surface area contributed by atoms with E-state index < -0.39 is 6.09 Å². The number of nitrogens with one attached hydrogen (secondary N) is 2. The van der Waals surface area contributed by atoms with Gasteiger partial charge >= 0.3 is 6.09 Å². The molecule has 0 unspecified atom stereocenters. The van der Waals surface area contributed by atoms with E-state index in [0.717, 1.165) is 37.2 Å². The monoisotopic (exact) mass is 369 g/mol. The maximum absolute atomic E-state index is 11.9. The first-order chi connectivity index (χ1) is 13.2. The summed E-state index contributed by atoms with van der Waals surface area (Å²) >= 11 is 0. The minimum Gasteiger partial charge on any atom is -0.445 e. The molecule has 0 aliphatic carbocycles. The zero-order valence-electron chi connectivity index (χ0n) is 15.1. The first kappa shape index (κ1) is 18.6. The van der Waals surface area contributed by atoms with E-state index in [1.165, 1.54) is 0 Å². The minimum atomic E-state index is -0.632. The van der Waals surface area contributed by atoms with Crippen LogP contribution in [0.5, 0.6) is 0 Å². The van der Waals surface area contributed by atoms with Gasteiger partial charge in [0.15, 0.2) is 0 Å². The Bertz CT molecular complexity index is 763. The van der Waals surface area contributed by atoms with Crippen LogP contribution in [0, 0.1) is 0 Å². The Balaban J connectivity index is 1.37. The number of anilines is 1. The van der Waals surface area contributed by atoms with E-state index in [1.54, 1.807) is 12.3 Å². The Morgan fingerprint density at radius 2 is 1.85 bits per heavy atom. The zero-order chi connectivity index (χ0) is 18.9. The second-order valence-corrected chi connectivity index (χ2v) is 6.23. The summed E-state index contributed by atoms with van der Waals surface area (Å²) in [7, 11) is 0. The Labute approximate surface area is 158 Å². The van der Waals surface area contributed by atoms with E-state index in [4.69, 9.17) is 4.74 Å². The highest BCUT2D eigenvalue weighted by atomic mass is 16.5. The van der Waals surface area contributed by atoms with Crippen molar-refractivity contribution in [3.05, 3.63) is 53.9 Å². The summed E-state index contributed by atoms with van der Waals surface area (Å²) in [6.07, 6.45) is 3.36. The molecule has 142 valence electrons. The number of amides is 2. The van der Waals surface area contributed by atoms with Gasteiger partial charge in [0, 0.05) is 19.3 Å². The molecule has 0 spiro atoms. The fourth-order valence-electron chi connectivity index (χ4n) is 2.73. The number of ether oxygens (including phenoxy) is 1. The van der Waals surface area contributed by atoms with Crippen LogP contribution in [0.1, 0.15) is 24.1 Å². The summed E-state index contributed by atoms with van der Waals surface area (Å²) < 4.78 is 5.06. The molecule has 1 fully saturated rings. The molecule has 2 amide bonds. The number of benzene rings is 1. The summed E-state index contributed by atoms with van der Waals surface area (Å²) in [5.41, 5.74) is 1.61. The fraction of sp³-hybridized carbons (Fsp3) is 0.368. The van der Waals surface area contributed by atoms with Crippen LogP contribution in [-0.2, 0) is 22.7 Å². The molecule has 8 nitrogen and oxygen atoms in total. The molecule has 0 saturated carbocycles. The van der Waals surface area contributed by atoms with Crippen LogP contribution < -0.4 is 15.5 Å². The molecule has 1 saturated heterocycles. The number of aromatic nitrogens is 2. The van der Waals surface area contributed by atoms with Crippen LogP contribution in [0.15, 0.2) is 42.6 Å². The SMILES string of the molecule is O=C(CNC(=O)OCc1ccccc1)NCc1ccnc(N2CCCC2)n1. The molecule has 2 N–H and O–H groups in total. The standard InChI is InChI=1S/C19H23N5O3/c25-17(13-22-19(26)27-14-15-6-2-1-3-7-15)21-12-16-8-9-20-18(23-16)24-10-4-5-11-24/h1-3,6-9H,4-5,10-14H2,(H,21,25)(H,22,26). The highest BCUT2D eigenvalue weighted by molar-refractivity contribution is 5.82. The molecule has 1 aromatic carbocycles. The van der Waals surface area contributed by atoms with Gasteiger partial charge < -0.3 is 20.3 Å². The molecular formula is C19H23N5O3. The van der Waals surface area contributed by atoms with Gasteiger partial charge in [0.1, 0.15) is 13.2 Å². The van der Waals surface area contributed by atoms with Crippen LogP contribution in [-0.4, -0.2) is 41.6 Å². The molecule has 27 heavy (non-hydrogen) atoms. The highest BCUT2D eigenvalue weighted by Gasteiger charge is 2.15. The Hall–Kier alpha value is -3.16. The molecule has 0 radical (unpaired) electrons. The number of carbonyl (C=O) groups excluding carboxylic acids is 2. The molecule has 0 bridgehead atoms. The largest absolute Gasteiger partial charge is 0.445 e. The van der Waals surface area contributed by atoms with Gasteiger partial charge in [-0.15, -0.1) is 0 Å². The molecule has 3 rings (SSSR count). The van der Waals surface area contributed by atoms with E-state index in [1.807, 2.05) is 30.3 Å². The van der Waals surface area contributed by atoms with Crippen molar-refractivity contribution in [3.63, 3.8) is 0 Å². The van der Waals surface area contributed by atoms with Gasteiger partial charge in [0.25, 0.3) is 0 Å². The van der Waals surface area contributed by atoms with Gasteiger partial charge in [-0.3, -0.25) is 4.79 Å². The van der Waals surface area contributed by atoms with Crippen molar-refractivity contribution in [2.45, 2.75) is 26.0 Å². The van der Waals surface area contributed by atoms with Crippen molar-refractivity contribution in [1.82, 2.24) is 20.6 Å². The van der Waals surface area contributed by atoms with Crippen LogP contribution >= 0.6 is 0 Å².